The number of hydrogen-bond donors (Lipinski definition) is 2. The average Bonchev–Trinajstić information content (AvgIpc) is 2.44. The Kier molecular flexibility index (Phi) is 5.88. The first-order chi connectivity index (χ1) is 8.06. The number of rotatable bonds is 5. The molecule has 2 N–H and O–H groups in total. The fourth-order valence-electron chi connectivity index (χ4n) is 2.50. The number of carbonyl (C=O) groups is 1. The molecule has 0 aromatic heterocycles. The van der Waals surface area contributed by atoms with Gasteiger partial charge in [0.05, 0.1) is 6.61 Å². The highest BCUT2D eigenvalue weighted by atomic mass is 16.4. The summed E-state index contributed by atoms with van der Waals surface area (Å²) in [6.07, 6.45) is 0.969. The summed E-state index contributed by atoms with van der Waals surface area (Å²) in [5.74, 6) is -0.604. The van der Waals surface area contributed by atoms with Crippen LogP contribution < -0.4 is 0 Å². The first-order valence-corrected chi connectivity index (χ1v) is 6.36. The van der Waals surface area contributed by atoms with Crippen molar-refractivity contribution >= 4 is 5.97 Å². The molecule has 0 bridgehead atoms. The van der Waals surface area contributed by atoms with Gasteiger partial charge in [-0.3, -0.25) is 14.6 Å². The second-order valence-corrected chi connectivity index (χ2v) is 4.98. The lowest BCUT2D eigenvalue weighted by atomic mass is 10.0. The molecule has 0 saturated carbocycles. The number of carboxylic acids is 1. The van der Waals surface area contributed by atoms with Gasteiger partial charge >= 0.3 is 5.97 Å². The van der Waals surface area contributed by atoms with Crippen LogP contribution in [-0.4, -0.2) is 71.4 Å². The van der Waals surface area contributed by atoms with E-state index in [-0.39, 0.29) is 18.6 Å². The SMILES string of the molecule is CC(C)C(C(=O)O)N1CCCN(CCO)CC1. The van der Waals surface area contributed by atoms with E-state index in [0.29, 0.717) is 6.54 Å². The Balaban J connectivity index is 2.57. The van der Waals surface area contributed by atoms with Crippen molar-refractivity contribution in [2.24, 2.45) is 5.92 Å². The number of nitrogens with zero attached hydrogens (tertiary/aromatic N) is 2. The lowest BCUT2D eigenvalue weighted by molar-refractivity contribution is -0.145. The van der Waals surface area contributed by atoms with Crippen molar-refractivity contribution in [2.75, 3.05) is 39.3 Å². The van der Waals surface area contributed by atoms with Crippen LogP contribution in [-0.2, 0) is 4.79 Å². The topological polar surface area (TPSA) is 64.0 Å². The quantitative estimate of drug-likeness (QED) is 0.718. The van der Waals surface area contributed by atoms with Crippen molar-refractivity contribution in [3.63, 3.8) is 0 Å². The predicted molar refractivity (Wildman–Crippen MR) is 66.0 cm³/mol. The van der Waals surface area contributed by atoms with Gasteiger partial charge in [0, 0.05) is 26.2 Å². The summed E-state index contributed by atoms with van der Waals surface area (Å²) in [5, 5.41) is 18.2. The molecule has 0 aromatic carbocycles. The van der Waals surface area contributed by atoms with Gasteiger partial charge in [-0.25, -0.2) is 0 Å². The van der Waals surface area contributed by atoms with Crippen molar-refractivity contribution in [1.82, 2.24) is 9.80 Å². The summed E-state index contributed by atoms with van der Waals surface area (Å²) < 4.78 is 0. The minimum atomic E-state index is -0.726. The predicted octanol–water partition coefficient (Wildman–Crippen LogP) is 0.0956. The first-order valence-electron chi connectivity index (χ1n) is 6.36. The van der Waals surface area contributed by atoms with Crippen LogP contribution in [0.3, 0.4) is 0 Å². The van der Waals surface area contributed by atoms with Gasteiger partial charge in [0.1, 0.15) is 6.04 Å². The Bertz CT molecular complexity index is 246. The molecular formula is C12H24N2O3. The van der Waals surface area contributed by atoms with Gasteiger partial charge in [0.15, 0.2) is 0 Å². The second-order valence-electron chi connectivity index (χ2n) is 4.98. The minimum absolute atomic E-state index is 0.122. The zero-order valence-corrected chi connectivity index (χ0v) is 10.8. The summed E-state index contributed by atoms with van der Waals surface area (Å²) in [6.45, 7) is 8.16. The number of aliphatic hydroxyl groups excluding tert-OH is 1. The van der Waals surface area contributed by atoms with E-state index in [2.05, 4.69) is 9.80 Å². The normalized spacial score (nSPS) is 21.4. The van der Waals surface area contributed by atoms with Gasteiger partial charge in [-0.05, 0) is 18.9 Å². The van der Waals surface area contributed by atoms with Crippen LogP contribution in [0.4, 0.5) is 0 Å². The fraction of sp³-hybridized carbons (Fsp3) is 0.917. The van der Waals surface area contributed by atoms with Gasteiger partial charge in [-0.1, -0.05) is 13.8 Å². The van der Waals surface area contributed by atoms with E-state index in [9.17, 15) is 9.90 Å². The summed E-state index contributed by atoms with van der Waals surface area (Å²) in [4.78, 5) is 15.5. The van der Waals surface area contributed by atoms with Crippen molar-refractivity contribution < 1.29 is 15.0 Å². The first kappa shape index (κ1) is 14.4. The molecule has 1 aliphatic heterocycles. The number of β-amino-alcohol motifs (C(OH)–C–C–N with tert-alkyl or cyclic N) is 1. The van der Waals surface area contributed by atoms with Gasteiger partial charge in [-0.15, -0.1) is 0 Å². The largest absolute Gasteiger partial charge is 0.480 e. The van der Waals surface area contributed by atoms with Gasteiger partial charge in [0.2, 0.25) is 0 Å². The lowest BCUT2D eigenvalue weighted by Crippen LogP contribution is -2.46. The third-order valence-corrected chi connectivity index (χ3v) is 3.32. The molecule has 1 fully saturated rings. The molecule has 1 atom stereocenters. The van der Waals surface area contributed by atoms with E-state index < -0.39 is 5.97 Å². The van der Waals surface area contributed by atoms with E-state index in [1.165, 1.54) is 0 Å². The van der Waals surface area contributed by atoms with Crippen LogP contribution in [0.15, 0.2) is 0 Å². The van der Waals surface area contributed by atoms with Crippen molar-refractivity contribution in [2.45, 2.75) is 26.3 Å². The molecule has 5 heteroatoms. The van der Waals surface area contributed by atoms with Gasteiger partial charge in [0.25, 0.3) is 0 Å². The number of aliphatic hydroxyl groups is 1. The average molecular weight is 244 g/mol. The van der Waals surface area contributed by atoms with Crippen molar-refractivity contribution in [3.8, 4) is 0 Å². The fourth-order valence-corrected chi connectivity index (χ4v) is 2.50. The monoisotopic (exact) mass is 244 g/mol. The molecular weight excluding hydrogens is 220 g/mol. The number of hydrogen-bond acceptors (Lipinski definition) is 4. The zero-order chi connectivity index (χ0) is 12.8. The Morgan fingerprint density at radius 2 is 1.94 bits per heavy atom. The molecule has 0 spiro atoms. The molecule has 0 aliphatic carbocycles. The standard InChI is InChI=1S/C12H24N2O3/c1-10(2)11(12(16)17)14-5-3-4-13(6-7-14)8-9-15/h10-11,15H,3-9H2,1-2H3,(H,16,17). The maximum atomic E-state index is 11.3. The minimum Gasteiger partial charge on any atom is -0.480 e. The van der Waals surface area contributed by atoms with E-state index in [1.807, 2.05) is 13.8 Å². The summed E-state index contributed by atoms with van der Waals surface area (Å²) in [7, 11) is 0. The molecule has 1 unspecified atom stereocenters. The van der Waals surface area contributed by atoms with E-state index in [0.717, 1.165) is 32.6 Å². The molecule has 1 saturated heterocycles. The molecule has 5 nitrogen and oxygen atoms in total. The van der Waals surface area contributed by atoms with Crippen LogP contribution >= 0.6 is 0 Å². The lowest BCUT2D eigenvalue weighted by Gasteiger charge is -2.30. The Hall–Kier alpha value is -0.650. The second kappa shape index (κ2) is 6.93. The zero-order valence-electron chi connectivity index (χ0n) is 10.8. The van der Waals surface area contributed by atoms with Crippen molar-refractivity contribution in [3.05, 3.63) is 0 Å². The molecule has 1 heterocycles. The molecule has 100 valence electrons. The molecule has 0 amide bonds. The van der Waals surface area contributed by atoms with Crippen LogP contribution in [0.5, 0.6) is 0 Å². The van der Waals surface area contributed by atoms with Crippen LogP contribution in [0.2, 0.25) is 0 Å². The number of aliphatic carboxylic acids is 1. The summed E-state index contributed by atoms with van der Waals surface area (Å²) in [6, 6.07) is -0.385. The maximum absolute atomic E-state index is 11.3. The third-order valence-electron chi connectivity index (χ3n) is 3.32. The molecule has 0 radical (unpaired) electrons. The van der Waals surface area contributed by atoms with Crippen LogP contribution in [0.1, 0.15) is 20.3 Å². The number of carboxylic acid groups (broad SMARTS) is 1. The highest BCUT2D eigenvalue weighted by Gasteiger charge is 2.29. The van der Waals surface area contributed by atoms with Crippen molar-refractivity contribution in [1.29, 1.82) is 0 Å². The molecule has 17 heavy (non-hydrogen) atoms. The molecule has 1 aliphatic rings. The van der Waals surface area contributed by atoms with Gasteiger partial charge < -0.3 is 10.2 Å². The van der Waals surface area contributed by atoms with Crippen LogP contribution in [0, 0.1) is 5.92 Å². The maximum Gasteiger partial charge on any atom is 0.321 e. The highest BCUT2D eigenvalue weighted by Crippen LogP contribution is 2.14. The van der Waals surface area contributed by atoms with Gasteiger partial charge in [-0.2, -0.15) is 0 Å². The molecule has 1 rings (SSSR count). The summed E-state index contributed by atoms with van der Waals surface area (Å²) >= 11 is 0. The summed E-state index contributed by atoms with van der Waals surface area (Å²) in [5.41, 5.74) is 0. The van der Waals surface area contributed by atoms with E-state index in [4.69, 9.17) is 5.11 Å². The Morgan fingerprint density at radius 3 is 2.47 bits per heavy atom. The smallest absolute Gasteiger partial charge is 0.321 e. The third kappa shape index (κ3) is 4.26. The Morgan fingerprint density at radius 1 is 1.24 bits per heavy atom. The van der Waals surface area contributed by atoms with Crippen LogP contribution in [0.25, 0.3) is 0 Å². The highest BCUT2D eigenvalue weighted by molar-refractivity contribution is 5.73. The molecule has 0 aromatic rings. The van der Waals surface area contributed by atoms with E-state index in [1.54, 1.807) is 0 Å². The Labute approximate surface area is 103 Å². The van der Waals surface area contributed by atoms with E-state index >= 15 is 0 Å².